The van der Waals surface area contributed by atoms with Crippen molar-refractivity contribution in [2.75, 3.05) is 6.54 Å². The van der Waals surface area contributed by atoms with Gasteiger partial charge in [-0.3, -0.25) is 0 Å². The summed E-state index contributed by atoms with van der Waals surface area (Å²) in [6.07, 6.45) is 6.75. The van der Waals surface area contributed by atoms with E-state index in [0.29, 0.717) is 6.04 Å². The number of hydrogen-bond acceptors (Lipinski definition) is 4. The van der Waals surface area contributed by atoms with Crippen LogP contribution in [-0.2, 0) is 11.8 Å². The first-order chi connectivity index (χ1) is 8.68. The highest BCUT2D eigenvalue weighted by molar-refractivity contribution is 5.14. The predicted molar refractivity (Wildman–Crippen MR) is 71.6 cm³/mol. The van der Waals surface area contributed by atoms with Crippen molar-refractivity contribution < 1.29 is 4.52 Å². The third kappa shape index (κ3) is 3.31. The molecular formula is C14H25N3O. The van der Waals surface area contributed by atoms with E-state index in [4.69, 9.17) is 4.52 Å². The SMILES string of the molecule is CCCNC(CCC)Cc1nc(C2(C)CC2)no1. The lowest BCUT2D eigenvalue weighted by atomic mass is 10.1. The van der Waals surface area contributed by atoms with Crippen molar-refractivity contribution in [2.24, 2.45) is 0 Å². The van der Waals surface area contributed by atoms with Crippen LogP contribution >= 0.6 is 0 Å². The predicted octanol–water partition coefficient (Wildman–Crippen LogP) is 2.83. The summed E-state index contributed by atoms with van der Waals surface area (Å²) in [5.41, 5.74) is 0.207. The molecule has 1 aromatic rings. The molecule has 4 nitrogen and oxygen atoms in total. The zero-order valence-corrected chi connectivity index (χ0v) is 11.8. The molecule has 1 unspecified atom stereocenters. The fourth-order valence-corrected chi connectivity index (χ4v) is 2.18. The van der Waals surface area contributed by atoms with Gasteiger partial charge in [0.25, 0.3) is 0 Å². The molecule has 1 atom stereocenters. The third-order valence-electron chi connectivity index (χ3n) is 3.75. The molecule has 0 bridgehead atoms. The molecule has 1 heterocycles. The van der Waals surface area contributed by atoms with E-state index in [-0.39, 0.29) is 5.41 Å². The minimum atomic E-state index is 0.207. The molecule has 0 saturated heterocycles. The lowest BCUT2D eigenvalue weighted by Gasteiger charge is -2.15. The van der Waals surface area contributed by atoms with Crippen molar-refractivity contribution in [3.63, 3.8) is 0 Å². The molecule has 1 aliphatic carbocycles. The first-order valence-corrected chi connectivity index (χ1v) is 7.24. The van der Waals surface area contributed by atoms with Gasteiger partial charge in [0, 0.05) is 17.9 Å². The third-order valence-corrected chi connectivity index (χ3v) is 3.75. The van der Waals surface area contributed by atoms with E-state index in [0.717, 1.165) is 37.5 Å². The Hall–Kier alpha value is -0.900. The summed E-state index contributed by atoms with van der Waals surface area (Å²) in [6, 6.07) is 0.468. The number of rotatable bonds is 8. The summed E-state index contributed by atoms with van der Waals surface area (Å²) in [5, 5.41) is 7.68. The van der Waals surface area contributed by atoms with Gasteiger partial charge in [0.1, 0.15) is 0 Å². The van der Waals surface area contributed by atoms with Gasteiger partial charge >= 0.3 is 0 Å². The summed E-state index contributed by atoms with van der Waals surface area (Å²) in [7, 11) is 0. The molecule has 18 heavy (non-hydrogen) atoms. The smallest absolute Gasteiger partial charge is 0.228 e. The van der Waals surface area contributed by atoms with Gasteiger partial charge < -0.3 is 9.84 Å². The Kier molecular flexibility index (Phi) is 4.38. The second-order valence-electron chi connectivity index (χ2n) is 5.72. The molecule has 0 radical (unpaired) electrons. The summed E-state index contributed by atoms with van der Waals surface area (Å²) in [6.45, 7) is 7.67. The molecule has 0 aromatic carbocycles. The maximum absolute atomic E-state index is 5.39. The van der Waals surface area contributed by atoms with Gasteiger partial charge in [-0.2, -0.15) is 4.98 Å². The van der Waals surface area contributed by atoms with Crippen molar-refractivity contribution in [1.82, 2.24) is 15.5 Å². The summed E-state index contributed by atoms with van der Waals surface area (Å²) in [4.78, 5) is 4.56. The second kappa shape index (κ2) is 5.83. The van der Waals surface area contributed by atoms with Crippen molar-refractivity contribution in [1.29, 1.82) is 0 Å². The molecule has 0 aliphatic heterocycles. The Morgan fingerprint density at radius 2 is 2.11 bits per heavy atom. The molecule has 1 saturated carbocycles. The van der Waals surface area contributed by atoms with E-state index in [1.54, 1.807) is 0 Å². The second-order valence-corrected chi connectivity index (χ2v) is 5.72. The topological polar surface area (TPSA) is 51.0 Å². The minimum Gasteiger partial charge on any atom is -0.339 e. The molecular weight excluding hydrogens is 226 g/mol. The van der Waals surface area contributed by atoms with Gasteiger partial charge in [-0.15, -0.1) is 0 Å². The van der Waals surface area contributed by atoms with Gasteiger partial charge in [-0.05, 0) is 32.2 Å². The first kappa shape index (κ1) is 13.5. The maximum atomic E-state index is 5.39. The van der Waals surface area contributed by atoms with E-state index in [1.807, 2.05) is 0 Å². The average molecular weight is 251 g/mol. The Bertz CT molecular complexity index is 371. The fourth-order valence-electron chi connectivity index (χ4n) is 2.18. The number of nitrogens with zero attached hydrogens (tertiary/aromatic N) is 2. The van der Waals surface area contributed by atoms with Gasteiger partial charge in [0.2, 0.25) is 5.89 Å². The van der Waals surface area contributed by atoms with Crippen LogP contribution in [-0.4, -0.2) is 22.7 Å². The van der Waals surface area contributed by atoms with Crippen LogP contribution in [0.1, 0.15) is 64.6 Å². The van der Waals surface area contributed by atoms with Crippen LogP contribution in [0.2, 0.25) is 0 Å². The highest BCUT2D eigenvalue weighted by atomic mass is 16.5. The van der Waals surface area contributed by atoms with E-state index in [9.17, 15) is 0 Å². The molecule has 4 heteroatoms. The molecule has 102 valence electrons. The van der Waals surface area contributed by atoms with Crippen molar-refractivity contribution >= 4 is 0 Å². The van der Waals surface area contributed by atoms with E-state index in [2.05, 4.69) is 36.2 Å². The average Bonchev–Trinajstić information content (AvgIpc) is 2.92. The largest absolute Gasteiger partial charge is 0.339 e. The van der Waals surface area contributed by atoms with Crippen LogP contribution in [0.25, 0.3) is 0 Å². The molecule has 1 aliphatic rings. The fraction of sp³-hybridized carbons (Fsp3) is 0.857. The van der Waals surface area contributed by atoms with Crippen LogP contribution in [0.15, 0.2) is 4.52 Å². The van der Waals surface area contributed by atoms with Crippen LogP contribution < -0.4 is 5.32 Å². The van der Waals surface area contributed by atoms with Crippen molar-refractivity contribution in [3.05, 3.63) is 11.7 Å². The Balaban J connectivity index is 1.91. The standard InChI is InChI=1S/C14H25N3O/c1-4-6-11(15-9-5-2)10-12-16-13(17-18-12)14(3)7-8-14/h11,15H,4-10H2,1-3H3. The lowest BCUT2D eigenvalue weighted by molar-refractivity contribution is 0.345. The van der Waals surface area contributed by atoms with Gasteiger partial charge in [-0.25, -0.2) is 0 Å². The van der Waals surface area contributed by atoms with E-state index < -0.39 is 0 Å². The first-order valence-electron chi connectivity index (χ1n) is 7.24. The Morgan fingerprint density at radius 1 is 1.33 bits per heavy atom. The quantitative estimate of drug-likeness (QED) is 0.772. The van der Waals surface area contributed by atoms with Gasteiger partial charge in [0.15, 0.2) is 5.82 Å². The summed E-state index contributed by atoms with van der Waals surface area (Å²) >= 11 is 0. The molecule has 1 N–H and O–H groups in total. The molecule has 1 aromatic heterocycles. The molecule has 2 rings (SSSR count). The van der Waals surface area contributed by atoms with E-state index >= 15 is 0 Å². The molecule has 0 amide bonds. The summed E-state index contributed by atoms with van der Waals surface area (Å²) < 4.78 is 5.39. The van der Waals surface area contributed by atoms with Crippen LogP contribution in [0, 0.1) is 0 Å². The molecule has 0 spiro atoms. The monoisotopic (exact) mass is 251 g/mol. The van der Waals surface area contributed by atoms with Crippen LogP contribution in [0.3, 0.4) is 0 Å². The van der Waals surface area contributed by atoms with E-state index in [1.165, 1.54) is 19.3 Å². The van der Waals surface area contributed by atoms with Crippen molar-refractivity contribution in [3.8, 4) is 0 Å². The number of aromatic nitrogens is 2. The Morgan fingerprint density at radius 3 is 2.72 bits per heavy atom. The van der Waals surface area contributed by atoms with Crippen LogP contribution in [0.5, 0.6) is 0 Å². The Labute approximate surface area is 110 Å². The number of nitrogens with one attached hydrogen (secondary N) is 1. The van der Waals surface area contributed by atoms with Crippen molar-refractivity contribution in [2.45, 2.75) is 70.8 Å². The summed E-state index contributed by atoms with van der Waals surface area (Å²) in [5.74, 6) is 1.70. The highest BCUT2D eigenvalue weighted by Crippen LogP contribution is 2.45. The minimum absolute atomic E-state index is 0.207. The van der Waals surface area contributed by atoms with Gasteiger partial charge in [-0.1, -0.05) is 32.3 Å². The zero-order chi connectivity index (χ0) is 13.0. The van der Waals surface area contributed by atoms with Crippen LogP contribution in [0.4, 0.5) is 0 Å². The zero-order valence-electron chi connectivity index (χ0n) is 11.8. The molecule has 1 fully saturated rings. The van der Waals surface area contributed by atoms with Gasteiger partial charge in [0.05, 0.1) is 0 Å². The number of hydrogen-bond donors (Lipinski definition) is 1. The normalized spacial score (nSPS) is 18.8. The highest BCUT2D eigenvalue weighted by Gasteiger charge is 2.43. The lowest BCUT2D eigenvalue weighted by Crippen LogP contribution is -2.31. The maximum Gasteiger partial charge on any atom is 0.228 e.